The Morgan fingerprint density at radius 2 is 1.90 bits per heavy atom. The van der Waals surface area contributed by atoms with Crippen molar-refractivity contribution in [1.29, 1.82) is 0 Å². The van der Waals surface area contributed by atoms with E-state index in [0.29, 0.717) is 6.61 Å². The zero-order valence-corrected chi connectivity index (χ0v) is 12.0. The van der Waals surface area contributed by atoms with Crippen LogP contribution in [0.5, 0.6) is 5.75 Å². The van der Waals surface area contributed by atoms with Crippen molar-refractivity contribution >= 4 is 11.6 Å². The van der Waals surface area contributed by atoms with Gasteiger partial charge < -0.3 is 10.5 Å². The van der Waals surface area contributed by atoms with E-state index in [1.807, 2.05) is 31.2 Å². The Bertz CT molecular complexity index is 571. The minimum absolute atomic E-state index is 0.0555. The van der Waals surface area contributed by atoms with Crippen LogP contribution in [0.1, 0.15) is 30.5 Å². The van der Waals surface area contributed by atoms with Crippen LogP contribution in [0, 0.1) is 5.82 Å². The van der Waals surface area contributed by atoms with Gasteiger partial charge in [-0.1, -0.05) is 36.7 Å². The lowest BCUT2D eigenvalue weighted by molar-refractivity contribution is 0.306. The first-order valence-electron chi connectivity index (χ1n) is 6.52. The molecular formula is C16H17ClFNO. The largest absolute Gasteiger partial charge is 0.489 e. The molecule has 0 aliphatic heterocycles. The molecule has 0 radical (unpaired) electrons. The van der Waals surface area contributed by atoms with Crippen LogP contribution in [0.15, 0.2) is 42.5 Å². The monoisotopic (exact) mass is 293 g/mol. The topological polar surface area (TPSA) is 35.2 Å². The summed E-state index contributed by atoms with van der Waals surface area (Å²) < 4.78 is 18.7. The van der Waals surface area contributed by atoms with Crippen molar-refractivity contribution in [3.8, 4) is 5.75 Å². The summed E-state index contributed by atoms with van der Waals surface area (Å²) in [7, 11) is 0. The third-order valence-electron chi connectivity index (χ3n) is 3.14. The van der Waals surface area contributed by atoms with Gasteiger partial charge in [0.05, 0.1) is 5.02 Å². The van der Waals surface area contributed by atoms with Gasteiger partial charge in [-0.15, -0.1) is 0 Å². The van der Waals surface area contributed by atoms with Gasteiger partial charge in [0, 0.05) is 6.04 Å². The van der Waals surface area contributed by atoms with Gasteiger partial charge in [0.15, 0.2) is 0 Å². The second kappa shape index (κ2) is 6.73. The molecule has 0 amide bonds. The number of rotatable bonds is 5. The SMILES string of the molecule is CCC(N)c1ccc(OCc2ccc(F)c(Cl)c2)cc1. The molecule has 0 fully saturated rings. The van der Waals surface area contributed by atoms with Crippen molar-refractivity contribution in [3.63, 3.8) is 0 Å². The summed E-state index contributed by atoms with van der Waals surface area (Å²) in [6, 6.07) is 12.3. The quantitative estimate of drug-likeness (QED) is 0.883. The minimum atomic E-state index is -0.423. The van der Waals surface area contributed by atoms with Gasteiger partial charge in [-0.2, -0.15) is 0 Å². The van der Waals surface area contributed by atoms with Crippen molar-refractivity contribution in [2.75, 3.05) is 0 Å². The highest BCUT2D eigenvalue weighted by Crippen LogP contribution is 2.20. The van der Waals surface area contributed by atoms with Crippen LogP contribution in [0.3, 0.4) is 0 Å². The van der Waals surface area contributed by atoms with Gasteiger partial charge in [0.2, 0.25) is 0 Å². The van der Waals surface area contributed by atoms with Crippen molar-refractivity contribution in [1.82, 2.24) is 0 Å². The van der Waals surface area contributed by atoms with Crippen LogP contribution in [0.25, 0.3) is 0 Å². The number of hydrogen-bond acceptors (Lipinski definition) is 2. The molecule has 0 aliphatic carbocycles. The highest BCUT2D eigenvalue weighted by molar-refractivity contribution is 6.30. The zero-order chi connectivity index (χ0) is 14.5. The molecule has 20 heavy (non-hydrogen) atoms. The van der Waals surface area contributed by atoms with E-state index >= 15 is 0 Å². The molecule has 0 aromatic heterocycles. The fourth-order valence-corrected chi connectivity index (χ4v) is 2.05. The van der Waals surface area contributed by atoms with Crippen LogP contribution in [-0.2, 0) is 6.61 Å². The van der Waals surface area contributed by atoms with Crippen LogP contribution in [-0.4, -0.2) is 0 Å². The highest BCUT2D eigenvalue weighted by Gasteiger charge is 2.04. The second-order valence-electron chi connectivity index (χ2n) is 4.62. The summed E-state index contributed by atoms with van der Waals surface area (Å²) in [5.74, 6) is 0.325. The van der Waals surface area contributed by atoms with Gasteiger partial charge in [-0.05, 0) is 41.8 Å². The molecule has 0 saturated heterocycles. The molecule has 0 heterocycles. The zero-order valence-electron chi connectivity index (χ0n) is 11.3. The number of ether oxygens (including phenoxy) is 1. The Kier molecular flexibility index (Phi) is 4.99. The Morgan fingerprint density at radius 1 is 1.20 bits per heavy atom. The molecule has 2 nitrogen and oxygen atoms in total. The molecule has 2 rings (SSSR count). The normalized spacial score (nSPS) is 12.2. The smallest absolute Gasteiger partial charge is 0.141 e. The van der Waals surface area contributed by atoms with E-state index in [2.05, 4.69) is 0 Å². The lowest BCUT2D eigenvalue weighted by Gasteiger charge is -2.11. The molecule has 2 aromatic carbocycles. The molecule has 4 heteroatoms. The van der Waals surface area contributed by atoms with Crippen molar-refractivity contribution < 1.29 is 9.13 Å². The van der Waals surface area contributed by atoms with Gasteiger partial charge in [0.1, 0.15) is 18.2 Å². The average molecular weight is 294 g/mol. The van der Waals surface area contributed by atoms with E-state index in [9.17, 15) is 4.39 Å². The highest BCUT2D eigenvalue weighted by atomic mass is 35.5. The molecule has 0 spiro atoms. The molecule has 2 N–H and O–H groups in total. The first-order valence-corrected chi connectivity index (χ1v) is 6.90. The molecule has 1 atom stereocenters. The first kappa shape index (κ1) is 14.8. The molecule has 2 aromatic rings. The number of halogens is 2. The van der Waals surface area contributed by atoms with Crippen LogP contribution in [0.2, 0.25) is 5.02 Å². The van der Waals surface area contributed by atoms with Gasteiger partial charge >= 0.3 is 0 Å². The summed E-state index contributed by atoms with van der Waals surface area (Å²) in [5, 5.41) is 0.107. The summed E-state index contributed by atoms with van der Waals surface area (Å²) in [6.45, 7) is 2.40. The minimum Gasteiger partial charge on any atom is -0.489 e. The first-order chi connectivity index (χ1) is 9.60. The fourth-order valence-electron chi connectivity index (χ4n) is 1.84. The van der Waals surface area contributed by atoms with Crippen molar-refractivity contribution in [2.24, 2.45) is 5.73 Å². The molecule has 0 aliphatic rings. The maximum absolute atomic E-state index is 13.0. The van der Waals surface area contributed by atoms with Crippen molar-refractivity contribution in [2.45, 2.75) is 26.0 Å². The standard InChI is InChI=1S/C16H17ClFNO/c1-2-16(19)12-4-6-13(7-5-12)20-10-11-3-8-15(18)14(17)9-11/h3-9,16H,2,10,19H2,1H3. The fraction of sp³-hybridized carbons (Fsp3) is 0.250. The van der Waals surface area contributed by atoms with Gasteiger partial charge in [-0.3, -0.25) is 0 Å². The van der Waals surface area contributed by atoms with E-state index < -0.39 is 5.82 Å². The number of benzene rings is 2. The Hall–Kier alpha value is -1.58. The van der Waals surface area contributed by atoms with E-state index in [-0.39, 0.29) is 11.1 Å². The van der Waals surface area contributed by atoms with Gasteiger partial charge in [-0.25, -0.2) is 4.39 Å². The van der Waals surface area contributed by atoms with Crippen molar-refractivity contribution in [3.05, 3.63) is 64.4 Å². The predicted octanol–water partition coefficient (Wildman–Crippen LogP) is 4.47. The Balaban J connectivity index is 1.98. The lowest BCUT2D eigenvalue weighted by Crippen LogP contribution is -2.08. The molecular weight excluding hydrogens is 277 g/mol. The van der Waals surface area contributed by atoms with Gasteiger partial charge in [0.25, 0.3) is 0 Å². The van der Waals surface area contributed by atoms with E-state index in [1.165, 1.54) is 6.07 Å². The van der Waals surface area contributed by atoms with Crippen LogP contribution >= 0.6 is 11.6 Å². The number of nitrogens with two attached hydrogens (primary N) is 1. The number of hydrogen-bond donors (Lipinski definition) is 1. The van der Waals surface area contributed by atoms with Crippen LogP contribution in [0.4, 0.5) is 4.39 Å². The average Bonchev–Trinajstić information content (AvgIpc) is 2.48. The summed E-state index contributed by atoms with van der Waals surface area (Å²) >= 11 is 5.72. The summed E-state index contributed by atoms with van der Waals surface area (Å²) in [6.07, 6.45) is 0.897. The third-order valence-corrected chi connectivity index (χ3v) is 3.43. The van der Waals surface area contributed by atoms with Crippen LogP contribution < -0.4 is 10.5 Å². The molecule has 1 unspecified atom stereocenters. The Morgan fingerprint density at radius 3 is 2.50 bits per heavy atom. The molecule has 0 bridgehead atoms. The molecule has 0 saturated carbocycles. The predicted molar refractivity (Wildman–Crippen MR) is 79.4 cm³/mol. The maximum atomic E-state index is 13.0. The third kappa shape index (κ3) is 3.71. The Labute approximate surface area is 123 Å². The summed E-state index contributed by atoms with van der Waals surface area (Å²) in [5.41, 5.74) is 7.86. The van der Waals surface area contributed by atoms with E-state index in [4.69, 9.17) is 22.1 Å². The second-order valence-corrected chi connectivity index (χ2v) is 5.03. The lowest BCUT2D eigenvalue weighted by atomic mass is 10.1. The van der Waals surface area contributed by atoms with E-state index in [0.717, 1.165) is 23.3 Å². The maximum Gasteiger partial charge on any atom is 0.141 e. The summed E-state index contributed by atoms with van der Waals surface area (Å²) in [4.78, 5) is 0. The van der Waals surface area contributed by atoms with E-state index in [1.54, 1.807) is 12.1 Å². The molecule has 106 valence electrons.